The molecular weight excluding hydrogens is 412 g/mol. The summed E-state index contributed by atoms with van der Waals surface area (Å²) in [6.45, 7) is 5.78. The van der Waals surface area contributed by atoms with E-state index in [1.807, 2.05) is 36.9 Å². The summed E-state index contributed by atoms with van der Waals surface area (Å²) in [6, 6.07) is 11.4. The van der Waals surface area contributed by atoms with Gasteiger partial charge in [-0.15, -0.1) is 0 Å². The van der Waals surface area contributed by atoms with Crippen molar-refractivity contribution in [2.45, 2.75) is 45.3 Å². The molecule has 1 aliphatic rings. The minimum absolute atomic E-state index is 0.0808. The van der Waals surface area contributed by atoms with E-state index in [9.17, 15) is 13.6 Å². The number of benzene rings is 2. The maximum Gasteiger partial charge on any atom is 0.251 e. The van der Waals surface area contributed by atoms with Crippen molar-refractivity contribution in [2.24, 2.45) is 4.99 Å². The molecule has 1 saturated heterocycles. The smallest absolute Gasteiger partial charge is 0.251 e. The van der Waals surface area contributed by atoms with Gasteiger partial charge in [-0.1, -0.05) is 19.1 Å². The summed E-state index contributed by atoms with van der Waals surface area (Å²) in [4.78, 5) is 18.5. The third-order valence-corrected chi connectivity index (χ3v) is 5.64. The first kappa shape index (κ1) is 23.5. The van der Waals surface area contributed by atoms with Crippen molar-refractivity contribution in [1.29, 1.82) is 0 Å². The Kier molecular flexibility index (Phi) is 8.03. The summed E-state index contributed by atoms with van der Waals surface area (Å²) in [5.41, 5.74) is 2.00. The normalized spacial score (nSPS) is 17.2. The number of anilines is 1. The van der Waals surface area contributed by atoms with Crippen molar-refractivity contribution in [3.05, 3.63) is 65.2 Å². The van der Waals surface area contributed by atoms with Crippen LogP contribution in [0.1, 0.15) is 42.6 Å². The molecule has 3 rings (SSSR count). The Morgan fingerprint density at radius 3 is 2.78 bits per heavy atom. The summed E-state index contributed by atoms with van der Waals surface area (Å²) >= 11 is 0. The van der Waals surface area contributed by atoms with Crippen molar-refractivity contribution in [1.82, 2.24) is 16.0 Å². The molecule has 172 valence electrons. The van der Waals surface area contributed by atoms with Gasteiger partial charge < -0.3 is 20.9 Å². The number of guanidine groups is 1. The van der Waals surface area contributed by atoms with Crippen molar-refractivity contribution < 1.29 is 13.6 Å². The summed E-state index contributed by atoms with van der Waals surface area (Å²) < 4.78 is 27.3. The molecule has 1 fully saturated rings. The Balaban J connectivity index is 1.53. The molecular formula is C24H31F2N5O. The molecule has 1 amide bonds. The highest BCUT2D eigenvalue weighted by Gasteiger charge is 2.25. The van der Waals surface area contributed by atoms with Crippen LogP contribution in [0.15, 0.2) is 47.5 Å². The first-order chi connectivity index (χ1) is 15.4. The van der Waals surface area contributed by atoms with Gasteiger partial charge in [0.1, 0.15) is 11.6 Å². The Morgan fingerprint density at radius 1 is 1.25 bits per heavy atom. The van der Waals surface area contributed by atoms with E-state index in [1.54, 1.807) is 13.1 Å². The minimum atomic E-state index is -0.578. The lowest BCUT2D eigenvalue weighted by Gasteiger charge is -2.21. The average molecular weight is 444 g/mol. The first-order valence-electron chi connectivity index (χ1n) is 11.0. The van der Waals surface area contributed by atoms with Gasteiger partial charge in [0.15, 0.2) is 5.96 Å². The lowest BCUT2D eigenvalue weighted by atomic mass is 10.1. The number of carbonyl (C=O) groups excluding carboxylic acids is 1. The van der Waals surface area contributed by atoms with Crippen LogP contribution in [0.3, 0.4) is 0 Å². The highest BCUT2D eigenvalue weighted by molar-refractivity contribution is 5.94. The van der Waals surface area contributed by atoms with E-state index in [-0.39, 0.29) is 18.0 Å². The van der Waals surface area contributed by atoms with E-state index in [2.05, 4.69) is 20.9 Å². The highest BCUT2D eigenvalue weighted by Crippen LogP contribution is 2.24. The van der Waals surface area contributed by atoms with Gasteiger partial charge in [-0.2, -0.15) is 0 Å². The van der Waals surface area contributed by atoms with E-state index >= 15 is 0 Å². The topological polar surface area (TPSA) is 68.8 Å². The fourth-order valence-electron chi connectivity index (χ4n) is 3.64. The average Bonchev–Trinajstić information content (AvgIpc) is 3.24. The molecule has 32 heavy (non-hydrogen) atoms. The summed E-state index contributed by atoms with van der Waals surface area (Å²) in [7, 11) is 1.69. The number of hydrogen-bond acceptors (Lipinski definition) is 3. The molecule has 3 N–H and O–H groups in total. The second-order valence-corrected chi connectivity index (χ2v) is 8.08. The van der Waals surface area contributed by atoms with Crippen LogP contribution in [-0.4, -0.2) is 44.1 Å². The Morgan fingerprint density at radius 2 is 2.06 bits per heavy atom. The van der Waals surface area contributed by atoms with Crippen LogP contribution in [0.5, 0.6) is 0 Å². The zero-order chi connectivity index (χ0) is 23.1. The van der Waals surface area contributed by atoms with E-state index in [4.69, 9.17) is 0 Å². The maximum absolute atomic E-state index is 14.1. The third kappa shape index (κ3) is 6.18. The molecule has 0 saturated carbocycles. The zero-order valence-corrected chi connectivity index (χ0v) is 18.8. The number of nitrogens with one attached hydrogen (secondary N) is 3. The number of carbonyl (C=O) groups is 1. The maximum atomic E-state index is 14.1. The molecule has 0 bridgehead atoms. The molecule has 1 aliphatic heterocycles. The predicted molar refractivity (Wildman–Crippen MR) is 124 cm³/mol. The molecule has 0 radical (unpaired) electrons. The first-order valence-corrected chi connectivity index (χ1v) is 11.0. The molecule has 0 aliphatic carbocycles. The quantitative estimate of drug-likeness (QED) is 0.453. The molecule has 8 heteroatoms. The number of amides is 1. The molecule has 2 atom stereocenters. The largest absolute Gasteiger partial charge is 0.367 e. The third-order valence-electron chi connectivity index (χ3n) is 5.64. The van der Waals surface area contributed by atoms with Crippen LogP contribution in [0.25, 0.3) is 0 Å². The fraction of sp³-hybridized carbons (Fsp3) is 0.417. The van der Waals surface area contributed by atoms with Gasteiger partial charge in [0.05, 0.1) is 5.69 Å². The van der Waals surface area contributed by atoms with Crippen LogP contribution in [0.2, 0.25) is 0 Å². The van der Waals surface area contributed by atoms with Crippen LogP contribution in [0, 0.1) is 11.6 Å². The molecule has 0 aromatic heterocycles. The van der Waals surface area contributed by atoms with Gasteiger partial charge in [-0.3, -0.25) is 9.79 Å². The summed E-state index contributed by atoms with van der Waals surface area (Å²) in [5, 5.41) is 9.60. The molecule has 2 aromatic carbocycles. The van der Waals surface area contributed by atoms with Gasteiger partial charge in [0, 0.05) is 50.4 Å². The number of hydrogen-bond donors (Lipinski definition) is 3. The van der Waals surface area contributed by atoms with Crippen molar-refractivity contribution in [3.8, 4) is 0 Å². The van der Waals surface area contributed by atoms with Crippen LogP contribution in [-0.2, 0) is 6.54 Å². The fourth-order valence-corrected chi connectivity index (χ4v) is 3.64. The van der Waals surface area contributed by atoms with E-state index in [1.165, 1.54) is 12.1 Å². The van der Waals surface area contributed by atoms with E-state index < -0.39 is 11.6 Å². The Hall–Kier alpha value is -3.16. The van der Waals surface area contributed by atoms with E-state index in [0.717, 1.165) is 24.5 Å². The van der Waals surface area contributed by atoms with Gasteiger partial charge >= 0.3 is 0 Å². The number of nitrogens with zero attached hydrogens (tertiary/aromatic N) is 2. The Labute approximate surface area is 188 Å². The lowest BCUT2D eigenvalue weighted by Crippen LogP contribution is -2.44. The van der Waals surface area contributed by atoms with Crippen LogP contribution >= 0.6 is 0 Å². The second-order valence-electron chi connectivity index (χ2n) is 8.08. The van der Waals surface area contributed by atoms with Crippen molar-refractivity contribution in [3.63, 3.8) is 0 Å². The molecule has 1 heterocycles. The second kappa shape index (κ2) is 10.9. The van der Waals surface area contributed by atoms with Gasteiger partial charge in [0.2, 0.25) is 0 Å². The minimum Gasteiger partial charge on any atom is -0.367 e. The lowest BCUT2D eigenvalue weighted by molar-refractivity contribution is 0.0939. The summed E-state index contributed by atoms with van der Waals surface area (Å²) in [5.74, 6) is -0.578. The highest BCUT2D eigenvalue weighted by atomic mass is 19.1. The number of aliphatic imine (C=N–C) groups is 1. The van der Waals surface area contributed by atoms with Crippen molar-refractivity contribution in [2.75, 3.05) is 25.0 Å². The molecule has 2 unspecified atom stereocenters. The molecule has 6 nitrogen and oxygen atoms in total. The molecule has 2 aromatic rings. The van der Waals surface area contributed by atoms with Crippen LogP contribution < -0.4 is 20.9 Å². The SMILES string of the molecule is CCC(C)NC(=O)c1cccc(CNC(=NC)NC2CCN(c3ccc(F)cc3F)C2)c1. The predicted octanol–water partition coefficient (Wildman–Crippen LogP) is 3.44. The monoisotopic (exact) mass is 443 g/mol. The van der Waals surface area contributed by atoms with E-state index in [0.29, 0.717) is 36.8 Å². The van der Waals surface area contributed by atoms with Crippen molar-refractivity contribution >= 4 is 17.6 Å². The number of rotatable bonds is 7. The zero-order valence-electron chi connectivity index (χ0n) is 18.8. The van der Waals surface area contributed by atoms with Crippen LogP contribution in [0.4, 0.5) is 14.5 Å². The Bertz CT molecular complexity index is 965. The standard InChI is InChI=1S/C24H31F2N5O/c1-4-16(2)29-23(32)18-7-5-6-17(12-18)14-28-24(27-3)30-20-10-11-31(15-20)22-9-8-19(25)13-21(22)26/h5-9,12-13,16,20H,4,10-11,14-15H2,1-3H3,(H,29,32)(H2,27,28,30). The molecule has 0 spiro atoms. The van der Waals surface area contributed by atoms with Gasteiger partial charge in [0.25, 0.3) is 5.91 Å². The van der Waals surface area contributed by atoms with Gasteiger partial charge in [-0.25, -0.2) is 8.78 Å². The van der Waals surface area contributed by atoms with Gasteiger partial charge in [-0.05, 0) is 49.6 Å². The summed E-state index contributed by atoms with van der Waals surface area (Å²) in [6.07, 6.45) is 1.68. The number of halogens is 2.